The minimum Gasteiger partial charge on any atom is -0.497 e. The van der Waals surface area contributed by atoms with Gasteiger partial charge in [0.15, 0.2) is 0 Å². The van der Waals surface area contributed by atoms with Crippen LogP contribution in [0.4, 0.5) is 10.1 Å². The van der Waals surface area contributed by atoms with E-state index < -0.39 is 0 Å². The molecule has 5 heteroatoms. The average molecular weight is 316 g/mol. The lowest BCUT2D eigenvalue weighted by molar-refractivity contribution is -0.120. The predicted octanol–water partition coefficient (Wildman–Crippen LogP) is 3.00. The second-order valence-corrected chi connectivity index (χ2v) is 5.10. The van der Waals surface area contributed by atoms with Gasteiger partial charge in [0.05, 0.1) is 12.8 Å². The minimum atomic E-state index is -0.313. The van der Waals surface area contributed by atoms with Crippen LogP contribution in [-0.4, -0.2) is 26.1 Å². The molecule has 0 spiro atoms. The quantitative estimate of drug-likeness (QED) is 0.787. The molecule has 0 aliphatic carbocycles. The third-order valence-electron chi connectivity index (χ3n) is 3.44. The van der Waals surface area contributed by atoms with Crippen molar-refractivity contribution in [2.75, 3.05) is 25.5 Å². The van der Waals surface area contributed by atoms with Gasteiger partial charge in [0.1, 0.15) is 11.6 Å². The Kier molecular flexibility index (Phi) is 6.41. The molecule has 0 aromatic heterocycles. The van der Waals surface area contributed by atoms with E-state index in [-0.39, 0.29) is 11.7 Å². The zero-order valence-electron chi connectivity index (χ0n) is 13.1. The smallest absolute Gasteiger partial charge is 0.221 e. The van der Waals surface area contributed by atoms with Crippen molar-refractivity contribution in [3.05, 3.63) is 59.9 Å². The molecule has 2 rings (SSSR count). The zero-order chi connectivity index (χ0) is 16.5. The maximum absolute atomic E-state index is 13.4. The number of anilines is 1. The lowest BCUT2D eigenvalue weighted by Gasteiger charge is -2.08. The summed E-state index contributed by atoms with van der Waals surface area (Å²) >= 11 is 0. The van der Waals surface area contributed by atoms with Crippen LogP contribution >= 0.6 is 0 Å². The van der Waals surface area contributed by atoms with Crippen molar-refractivity contribution in [2.45, 2.75) is 12.8 Å². The van der Waals surface area contributed by atoms with Crippen LogP contribution in [0.5, 0.6) is 5.75 Å². The molecule has 0 aliphatic rings. The number of hydrogen-bond donors (Lipinski definition) is 2. The number of benzene rings is 2. The number of carbonyl (C=O) groups is 1. The van der Waals surface area contributed by atoms with Gasteiger partial charge >= 0.3 is 0 Å². The van der Waals surface area contributed by atoms with Crippen LogP contribution in [0.1, 0.15) is 12.0 Å². The molecule has 23 heavy (non-hydrogen) atoms. The average Bonchev–Trinajstić information content (AvgIpc) is 2.57. The first kappa shape index (κ1) is 16.8. The molecular formula is C18H21FN2O2. The van der Waals surface area contributed by atoms with Crippen LogP contribution in [0.15, 0.2) is 48.5 Å². The number of rotatable bonds is 8. The van der Waals surface area contributed by atoms with Crippen molar-refractivity contribution in [3.8, 4) is 5.75 Å². The van der Waals surface area contributed by atoms with E-state index in [1.54, 1.807) is 25.3 Å². The monoisotopic (exact) mass is 316 g/mol. The van der Waals surface area contributed by atoms with Crippen molar-refractivity contribution in [3.63, 3.8) is 0 Å². The standard InChI is InChI=1S/C18H21FN2O2/c1-23-15-8-6-14(7-9-15)10-12-21-18(22)11-13-20-17-5-3-2-4-16(17)19/h2-9,20H,10-13H2,1H3,(H,21,22). The fourth-order valence-electron chi connectivity index (χ4n) is 2.14. The summed E-state index contributed by atoms with van der Waals surface area (Å²) in [6, 6.07) is 14.2. The minimum absolute atomic E-state index is 0.0534. The molecule has 2 N–H and O–H groups in total. The van der Waals surface area contributed by atoms with E-state index >= 15 is 0 Å². The second-order valence-electron chi connectivity index (χ2n) is 5.10. The predicted molar refractivity (Wildman–Crippen MR) is 89.2 cm³/mol. The first-order chi connectivity index (χ1) is 11.2. The highest BCUT2D eigenvalue weighted by atomic mass is 19.1. The summed E-state index contributed by atoms with van der Waals surface area (Å²) in [5.74, 6) is 0.451. The van der Waals surface area contributed by atoms with Crippen LogP contribution in [0.25, 0.3) is 0 Å². The molecule has 0 aliphatic heterocycles. The molecule has 4 nitrogen and oxygen atoms in total. The van der Waals surface area contributed by atoms with E-state index in [4.69, 9.17) is 4.74 Å². The molecule has 0 heterocycles. The summed E-state index contributed by atoms with van der Waals surface area (Å²) in [6.07, 6.45) is 1.06. The molecule has 0 saturated heterocycles. The van der Waals surface area contributed by atoms with Gasteiger partial charge in [-0.15, -0.1) is 0 Å². The van der Waals surface area contributed by atoms with Gasteiger partial charge in [-0.2, -0.15) is 0 Å². The highest BCUT2D eigenvalue weighted by molar-refractivity contribution is 5.76. The van der Waals surface area contributed by atoms with Gasteiger partial charge in [-0.3, -0.25) is 4.79 Å². The lowest BCUT2D eigenvalue weighted by atomic mass is 10.1. The van der Waals surface area contributed by atoms with Crippen LogP contribution < -0.4 is 15.4 Å². The first-order valence-electron chi connectivity index (χ1n) is 7.57. The molecular weight excluding hydrogens is 295 g/mol. The van der Waals surface area contributed by atoms with Crippen LogP contribution in [0.3, 0.4) is 0 Å². The summed E-state index contributed by atoms with van der Waals surface area (Å²) in [7, 11) is 1.63. The molecule has 1 amide bonds. The maximum Gasteiger partial charge on any atom is 0.221 e. The largest absolute Gasteiger partial charge is 0.497 e. The van der Waals surface area contributed by atoms with Gasteiger partial charge in [0.25, 0.3) is 0 Å². The Hall–Kier alpha value is -2.56. The number of halogens is 1. The number of amides is 1. The summed E-state index contributed by atoms with van der Waals surface area (Å²) in [5, 5.41) is 5.77. The van der Waals surface area contributed by atoms with Gasteiger partial charge in [0, 0.05) is 19.5 Å². The Morgan fingerprint density at radius 2 is 1.83 bits per heavy atom. The Bertz CT molecular complexity index is 629. The summed E-state index contributed by atoms with van der Waals surface area (Å²) in [4.78, 5) is 11.7. The van der Waals surface area contributed by atoms with Crippen molar-refractivity contribution >= 4 is 11.6 Å². The maximum atomic E-state index is 13.4. The van der Waals surface area contributed by atoms with Gasteiger partial charge in [0.2, 0.25) is 5.91 Å². The van der Waals surface area contributed by atoms with E-state index in [0.29, 0.717) is 25.2 Å². The number of para-hydroxylation sites is 1. The number of carbonyl (C=O) groups excluding carboxylic acids is 1. The van der Waals surface area contributed by atoms with E-state index in [1.165, 1.54) is 6.07 Å². The Balaban J connectivity index is 1.64. The third kappa shape index (κ3) is 5.62. The Labute approximate surface area is 135 Å². The van der Waals surface area contributed by atoms with Crippen LogP contribution in [0.2, 0.25) is 0 Å². The van der Waals surface area contributed by atoms with Crippen molar-refractivity contribution in [1.82, 2.24) is 5.32 Å². The number of hydrogen-bond acceptors (Lipinski definition) is 3. The highest BCUT2D eigenvalue weighted by Crippen LogP contribution is 2.12. The van der Waals surface area contributed by atoms with Gasteiger partial charge in [-0.1, -0.05) is 24.3 Å². The molecule has 2 aromatic carbocycles. The third-order valence-corrected chi connectivity index (χ3v) is 3.44. The summed E-state index contributed by atoms with van der Waals surface area (Å²) in [6.45, 7) is 0.972. The molecule has 0 unspecified atom stereocenters. The van der Waals surface area contributed by atoms with E-state index in [2.05, 4.69) is 10.6 Å². The number of nitrogens with one attached hydrogen (secondary N) is 2. The topological polar surface area (TPSA) is 50.4 Å². The van der Waals surface area contributed by atoms with Crippen molar-refractivity contribution in [1.29, 1.82) is 0 Å². The van der Waals surface area contributed by atoms with E-state index in [1.807, 2.05) is 24.3 Å². The zero-order valence-corrected chi connectivity index (χ0v) is 13.1. The van der Waals surface area contributed by atoms with Crippen LogP contribution in [0, 0.1) is 5.82 Å². The molecule has 0 bridgehead atoms. The molecule has 0 saturated carbocycles. The SMILES string of the molecule is COc1ccc(CCNC(=O)CCNc2ccccc2F)cc1. The Morgan fingerprint density at radius 3 is 2.52 bits per heavy atom. The van der Waals surface area contributed by atoms with E-state index in [0.717, 1.165) is 17.7 Å². The van der Waals surface area contributed by atoms with Crippen molar-refractivity contribution < 1.29 is 13.9 Å². The molecule has 0 fully saturated rings. The van der Waals surface area contributed by atoms with Gasteiger partial charge < -0.3 is 15.4 Å². The molecule has 0 atom stereocenters. The normalized spacial score (nSPS) is 10.2. The molecule has 122 valence electrons. The van der Waals surface area contributed by atoms with Gasteiger partial charge in [-0.25, -0.2) is 4.39 Å². The lowest BCUT2D eigenvalue weighted by Crippen LogP contribution is -2.27. The summed E-state index contributed by atoms with van der Waals surface area (Å²) < 4.78 is 18.5. The van der Waals surface area contributed by atoms with E-state index in [9.17, 15) is 9.18 Å². The molecule has 2 aromatic rings. The van der Waals surface area contributed by atoms with Crippen molar-refractivity contribution in [2.24, 2.45) is 0 Å². The van der Waals surface area contributed by atoms with Crippen LogP contribution in [-0.2, 0) is 11.2 Å². The highest BCUT2D eigenvalue weighted by Gasteiger charge is 2.03. The number of ether oxygens (including phenoxy) is 1. The second kappa shape index (κ2) is 8.78. The molecule has 0 radical (unpaired) electrons. The number of methoxy groups -OCH3 is 1. The first-order valence-corrected chi connectivity index (χ1v) is 7.57. The fourth-order valence-corrected chi connectivity index (χ4v) is 2.14. The van der Waals surface area contributed by atoms with Gasteiger partial charge in [-0.05, 0) is 36.2 Å². The fraction of sp³-hybridized carbons (Fsp3) is 0.278. The Morgan fingerprint density at radius 1 is 1.09 bits per heavy atom. The summed E-state index contributed by atoms with van der Waals surface area (Å²) in [5.41, 5.74) is 1.55.